The molecule has 1 aliphatic heterocycles. The summed E-state index contributed by atoms with van der Waals surface area (Å²) in [5.74, 6) is 0.491. The Morgan fingerprint density at radius 1 is 1.29 bits per heavy atom. The van der Waals surface area contributed by atoms with Crippen molar-refractivity contribution in [3.63, 3.8) is 0 Å². The molecule has 0 N–H and O–H groups in total. The third kappa shape index (κ3) is 0.939. The van der Waals surface area contributed by atoms with Gasteiger partial charge in [-0.2, -0.15) is 0 Å². The van der Waals surface area contributed by atoms with Crippen LogP contribution in [0.15, 0.2) is 35.5 Å². The predicted molar refractivity (Wildman–Crippen MR) is 55.0 cm³/mol. The highest BCUT2D eigenvalue weighted by Crippen LogP contribution is 2.48. The molecule has 2 atom stereocenters. The van der Waals surface area contributed by atoms with Gasteiger partial charge in [0, 0.05) is 5.92 Å². The van der Waals surface area contributed by atoms with Crippen LogP contribution in [0.1, 0.15) is 24.8 Å². The van der Waals surface area contributed by atoms with Crippen molar-refractivity contribution < 1.29 is 4.84 Å². The minimum atomic E-state index is -0.124. The third-order valence-corrected chi connectivity index (χ3v) is 3.38. The average molecular weight is 187 g/mol. The molecule has 1 heterocycles. The van der Waals surface area contributed by atoms with Crippen LogP contribution < -0.4 is 0 Å². The van der Waals surface area contributed by atoms with E-state index in [1.165, 1.54) is 18.4 Å². The Bertz CT molecular complexity index is 360. The normalized spacial score (nSPS) is 34.1. The number of fused-ring (bicyclic) bond motifs is 1. The SMILES string of the molecule is C1=NOC2(c3ccccc3)CCCC12. The van der Waals surface area contributed by atoms with E-state index >= 15 is 0 Å². The predicted octanol–water partition coefficient (Wildman–Crippen LogP) is 2.70. The molecule has 2 heteroatoms. The fourth-order valence-electron chi connectivity index (χ4n) is 2.64. The van der Waals surface area contributed by atoms with Crippen LogP contribution >= 0.6 is 0 Å². The van der Waals surface area contributed by atoms with Crippen molar-refractivity contribution >= 4 is 6.21 Å². The highest BCUT2D eigenvalue weighted by atomic mass is 16.7. The van der Waals surface area contributed by atoms with Gasteiger partial charge in [-0.3, -0.25) is 0 Å². The van der Waals surface area contributed by atoms with Crippen LogP contribution in [0, 0.1) is 5.92 Å². The minimum Gasteiger partial charge on any atom is -0.384 e. The van der Waals surface area contributed by atoms with E-state index in [1.807, 2.05) is 12.3 Å². The fraction of sp³-hybridized carbons (Fsp3) is 0.417. The van der Waals surface area contributed by atoms with Crippen LogP contribution in [0.4, 0.5) is 0 Å². The molecule has 1 aliphatic carbocycles. The van der Waals surface area contributed by atoms with E-state index < -0.39 is 0 Å². The van der Waals surface area contributed by atoms with Gasteiger partial charge in [0.1, 0.15) is 0 Å². The highest BCUT2D eigenvalue weighted by Gasteiger charge is 2.49. The molecule has 14 heavy (non-hydrogen) atoms. The summed E-state index contributed by atoms with van der Waals surface area (Å²) < 4.78 is 0. The molecule has 1 aromatic rings. The smallest absolute Gasteiger partial charge is 0.170 e. The number of oxime groups is 1. The maximum absolute atomic E-state index is 5.62. The van der Waals surface area contributed by atoms with Crippen molar-refractivity contribution in [3.8, 4) is 0 Å². The van der Waals surface area contributed by atoms with Gasteiger partial charge in [-0.25, -0.2) is 0 Å². The lowest BCUT2D eigenvalue weighted by Crippen LogP contribution is -2.28. The van der Waals surface area contributed by atoms with Crippen molar-refractivity contribution in [1.82, 2.24) is 0 Å². The third-order valence-electron chi connectivity index (χ3n) is 3.38. The summed E-state index contributed by atoms with van der Waals surface area (Å²) >= 11 is 0. The summed E-state index contributed by atoms with van der Waals surface area (Å²) in [5.41, 5.74) is 1.15. The van der Waals surface area contributed by atoms with E-state index in [0.29, 0.717) is 5.92 Å². The second-order valence-corrected chi connectivity index (χ2v) is 4.10. The van der Waals surface area contributed by atoms with Crippen LogP contribution in [-0.4, -0.2) is 6.21 Å². The van der Waals surface area contributed by atoms with Gasteiger partial charge < -0.3 is 4.84 Å². The number of rotatable bonds is 1. The van der Waals surface area contributed by atoms with Gasteiger partial charge in [-0.05, 0) is 24.8 Å². The standard InChI is InChI=1S/C12H13NO/c1-2-5-10(6-3-1)12-8-4-7-11(12)9-13-14-12/h1-3,5-6,9,11H,4,7-8H2. The number of benzene rings is 1. The van der Waals surface area contributed by atoms with Crippen LogP contribution in [0.2, 0.25) is 0 Å². The molecule has 0 aromatic heterocycles. The molecule has 1 fully saturated rings. The molecule has 1 saturated carbocycles. The lowest BCUT2D eigenvalue weighted by Gasteiger charge is -2.26. The van der Waals surface area contributed by atoms with Crippen molar-refractivity contribution in [2.75, 3.05) is 0 Å². The molecule has 0 bridgehead atoms. The highest BCUT2D eigenvalue weighted by molar-refractivity contribution is 5.65. The summed E-state index contributed by atoms with van der Waals surface area (Å²) in [6.07, 6.45) is 5.52. The van der Waals surface area contributed by atoms with Crippen LogP contribution in [0.25, 0.3) is 0 Å². The average Bonchev–Trinajstić information content (AvgIpc) is 2.77. The molecule has 72 valence electrons. The van der Waals surface area contributed by atoms with Gasteiger partial charge in [0.25, 0.3) is 0 Å². The molecular weight excluding hydrogens is 174 g/mol. The topological polar surface area (TPSA) is 21.6 Å². The Kier molecular flexibility index (Phi) is 1.63. The first-order chi connectivity index (χ1) is 6.92. The van der Waals surface area contributed by atoms with Crippen molar-refractivity contribution in [3.05, 3.63) is 35.9 Å². The largest absolute Gasteiger partial charge is 0.384 e. The summed E-state index contributed by atoms with van der Waals surface area (Å²) in [6.45, 7) is 0. The summed E-state index contributed by atoms with van der Waals surface area (Å²) in [6, 6.07) is 10.5. The molecule has 2 unspecified atom stereocenters. The van der Waals surface area contributed by atoms with Gasteiger partial charge in [-0.1, -0.05) is 35.5 Å². The maximum Gasteiger partial charge on any atom is 0.170 e. The van der Waals surface area contributed by atoms with E-state index in [2.05, 4.69) is 29.4 Å². The zero-order valence-electron chi connectivity index (χ0n) is 8.02. The Hall–Kier alpha value is -1.31. The first-order valence-electron chi connectivity index (χ1n) is 5.19. The lowest BCUT2D eigenvalue weighted by molar-refractivity contribution is -0.0371. The molecule has 3 rings (SSSR count). The van der Waals surface area contributed by atoms with Gasteiger partial charge in [-0.15, -0.1) is 0 Å². The van der Waals surface area contributed by atoms with E-state index in [1.54, 1.807) is 0 Å². The molecule has 0 amide bonds. The van der Waals surface area contributed by atoms with Gasteiger partial charge in [0.15, 0.2) is 5.60 Å². The second kappa shape index (κ2) is 2.84. The van der Waals surface area contributed by atoms with E-state index in [9.17, 15) is 0 Å². The van der Waals surface area contributed by atoms with Crippen molar-refractivity contribution in [1.29, 1.82) is 0 Å². The Morgan fingerprint density at radius 2 is 2.14 bits per heavy atom. The minimum absolute atomic E-state index is 0.124. The lowest BCUT2D eigenvalue weighted by atomic mass is 9.85. The fourth-order valence-corrected chi connectivity index (χ4v) is 2.64. The van der Waals surface area contributed by atoms with E-state index in [-0.39, 0.29) is 5.60 Å². The van der Waals surface area contributed by atoms with Crippen molar-refractivity contribution in [2.24, 2.45) is 11.1 Å². The summed E-state index contributed by atoms with van der Waals surface area (Å²) in [4.78, 5) is 5.62. The van der Waals surface area contributed by atoms with Gasteiger partial charge >= 0.3 is 0 Å². The zero-order chi connectivity index (χ0) is 9.43. The van der Waals surface area contributed by atoms with Crippen molar-refractivity contribution in [2.45, 2.75) is 24.9 Å². The first-order valence-corrected chi connectivity index (χ1v) is 5.19. The molecular formula is C12H13NO. The monoisotopic (exact) mass is 187 g/mol. The maximum atomic E-state index is 5.62. The Balaban J connectivity index is 2.05. The second-order valence-electron chi connectivity index (χ2n) is 4.10. The van der Waals surface area contributed by atoms with Crippen LogP contribution in [-0.2, 0) is 10.4 Å². The van der Waals surface area contributed by atoms with E-state index in [4.69, 9.17) is 4.84 Å². The number of nitrogens with zero attached hydrogens (tertiary/aromatic N) is 1. The molecule has 0 spiro atoms. The van der Waals surface area contributed by atoms with Gasteiger partial charge in [0.2, 0.25) is 0 Å². The van der Waals surface area contributed by atoms with Gasteiger partial charge in [0.05, 0.1) is 6.21 Å². The molecule has 0 radical (unpaired) electrons. The quantitative estimate of drug-likeness (QED) is 0.662. The molecule has 0 saturated heterocycles. The Labute approximate surface area is 83.6 Å². The summed E-state index contributed by atoms with van der Waals surface area (Å²) in [7, 11) is 0. The summed E-state index contributed by atoms with van der Waals surface area (Å²) in [5, 5.41) is 3.99. The van der Waals surface area contributed by atoms with Crippen LogP contribution in [0.5, 0.6) is 0 Å². The number of hydrogen-bond acceptors (Lipinski definition) is 2. The van der Waals surface area contributed by atoms with Crippen LogP contribution in [0.3, 0.4) is 0 Å². The van der Waals surface area contributed by atoms with E-state index in [0.717, 1.165) is 6.42 Å². The molecule has 2 aliphatic rings. The number of hydrogen-bond donors (Lipinski definition) is 0. The Morgan fingerprint density at radius 3 is 3.00 bits per heavy atom. The molecule has 2 nitrogen and oxygen atoms in total. The molecule has 1 aromatic carbocycles. The first kappa shape index (κ1) is 8.04. The zero-order valence-corrected chi connectivity index (χ0v) is 8.02.